The summed E-state index contributed by atoms with van der Waals surface area (Å²) in [6, 6.07) is 1.74. The van der Waals surface area contributed by atoms with E-state index in [1.807, 2.05) is 7.05 Å². The SMILES string of the molecule is CN1CCC(Cn2ccc(N)n2)C1=O. The number of hydrogen-bond acceptors (Lipinski definition) is 3. The normalized spacial score (nSPS) is 21.9. The minimum absolute atomic E-state index is 0.0688. The van der Waals surface area contributed by atoms with Crippen LogP contribution in [0.25, 0.3) is 0 Å². The maximum Gasteiger partial charge on any atom is 0.227 e. The van der Waals surface area contributed by atoms with E-state index in [9.17, 15) is 4.79 Å². The lowest BCUT2D eigenvalue weighted by Crippen LogP contribution is -2.25. The van der Waals surface area contributed by atoms with Crippen LogP contribution in [0.5, 0.6) is 0 Å². The van der Waals surface area contributed by atoms with Gasteiger partial charge in [0.05, 0.1) is 12.5 Å². The van der Waals surface area contributed by atoms with Crippen molar-refractivity contribution in [3.8, 4) is 0 Å². The summed E-state index contributed by atoms with van der Waals surface area (Å²) in [5.74, 6) is 0.780. The van der Waals surface area contributed by atoms with Crippen LogP contribution >= 0.6 is 0 Å². The fourth-order valence-corrected chi connectivity index (χ4v) is 1.77. The van der Waals surface area contributed by atoms with Crippen LogP contribution < -0.4 is 5.73 Å². The van der Waals surface area contributed by atoms with Gasteiger partial charge in [-0.1, -0.05) is 0 Å². The first kappa shape index (κ1) is 9.05. The fourth-order valence-electron chi connectivity index (χ4n) is 1.77. The van der Waals surface area contributed by atoms with Gasteiger partial charge in [-0.2, -0.15) is 5.10 Å². The Labute approximate surface area is 82.5 Å². The van der Waals surface area contributed by atoms with Gasteiger partial charge in [0.2, 0.25) is 5.91 Å². The van der Waals surface area contributed by atoms with Crippen molar-refractivity contribution in [2.24, 2.45) is 5.92 Å². The molecule has 1 fully saturated rings. The predicted molar refractivity (Wildman–Crippen MR) is 52.4 cm³/mol. The second kappa shape index (κ2) is 3.32. The van der Waals surface area contributed by atoms with E-state index in [1.165, 1.54) is 0 Å². The van der Waals surface area contributed by atoms with Crippen LogP contribution in [-0.4, -0.2) is 34.2 Å². The summed E-state index contributed by atoms with van der Waals surface area (Å²) in [7, 11) is 1.83. The number of carbonyl (C=O) groups excluding carboxylic acids is 1. The molecule has 1 saturated heterocycles. The molecule has 1 amide bonds. The Bertz CT molecular complexity index is 346. The maximum atomic E-state index is 11.6. The van der Waals surface area contributed by atoms with Gasteiger partial charge in [0.25, 0.3) is 0 Å². The molecule has 1 unspecified atom stereocenters. The molecule has 1 aromatic heterocycles. The number of likely N-dealkylation sites (tertiary alicyclic amines) is 1. The monoisotopic (exact) mass is 194 g/mol. The van der Waals surface area contributed by atoms with Crippen LogP contribution in [0.2, 0.25) is 0 Å². The van der Waals surface area contributed by atoms with Gasteiger partial charge in [-0.3, -0.25) is 9.48 Å². The van der Waals surface area contributed by atoms with E-state index in [0.717, 1.165) is 13.0 Å². The Morgan fingerprint density at radius 1 is 1.71 bits per heavy atom. The lowest BCUT2D eigenvalue weighted by molar-refractivity contribution is -0.130. The number of anilines is 1. The number of nitrogen functional groups attached to an aromatic ring is 1. The molecule has 5 nitrogen and oxygen atoms in total. The number of carbonyl (C=O) groups is 1. The minimum atomic E-state index is 0.0688. The van der Waals surface area contributed by atoms with Crippen LogP contribution in [0.1, 0.15) is 6.42 Å². The number of nitrogens with zero attached hydrogens (tertiary/aromatic N) is 3. The Balaban J connectivity index is 2.02. The number of amides is 1. The first-order valence-electron chi connectivity index (χ1n) is 4.71. The first-order chi connectivity index (χ1) is 6.66. The summed E-state index contributed by atoms with van der Waals surface area (Å²) in [4.78, 5) is 13.3. The fraction of sp³-hybridized carbons (Fsp3) is 0.556. The van der Waals surface area contributed by atoms with Crippen LogP contribution in [0.4, 0.5) is 5.82 Å². The number of aromatic nitrogens is 2. The summed E-state index contributed by atoms with van der Waals surface area (Å²) >= 11 is 0. The highest BCUT2D eigenvalue weighted by atomic mass is 16.2. The molecule has 1 aromatic rings. The summed E-state index contributed by atoms with van der Waals surface area (Å²) in [5, 5.41) is 4.06. The molecular weight excluding hydrogens is 180 g/mol. The molecule has 1 aliphatic heterocycles. The molecule has 0 bridgehead atoms. The Kier molecular flexibility index (Phi) is 2.15. The Hall–Kier alpha value is -1.52. The molecule has 1 atom stereocenters. The smallest absolute Gasteiger partial charge is 0.227 e. The van der Waals surface area contributed by atoms with Crippen LogP contribution in [-0.2, 0) is 11.3 Å². The first-order valence-corrected chi connectivity index (χ1v) is 4.71. The third kappa shape index (κ3) is 1.57. The lowest BCUT2D eigenvalue weighted by Gasteiger charge is -2.09. The molecule has 0 aliphatic carbocycles. The molecule has 14 heavy (non-hydrogen) atoms. The molecule has 0 radical (unpaired) electrons. The molecule has 2 N–H and O–H groups in total. The predicted octanol–water partition coefficient (Wildman–Crippen LogP) is -0.0564. The summed E-state index contributed by atoms with van der Waals surface area (Å²) in [6.45, 7) is 1.49. The summed E-state index contributed by atoms with van der Waals surface area (Å²) in [6.07, 6.45) is 2.72. The molecule has 0 saturated carbocycles. The molecular formula is C9H14N4O. The largest absolute Gasteiger partial charge is 0.382 e. The van der Waals surface area contributed by atoms with Crippen molar-refractivity contribution in [3.05, 3.63) is 12.3 Å². The molecule has 76 valence electrons. The van der Waals surface area contributed by atoms with Gasteiger partial charge < -0.3 is 10.6 Å². The molecule has 5 heteroatoms. The van der Waals surface area contributed by atoms with Crippen molar-refractivity contribution in [2.75, 3.05) is 19.3 Å². The molecule has 2 rings (SSSR count). The van der Waals surface area contributed by atoms with E-state index in [0.29, 0.717) is 12.4 Å². The van der Waals surface area contributed by atoms with Gasteiger partial charge in [0.15, 0.2) is 0 Å². The minimum Gasteiger partial charge on any atom is -0.382 e. The van der Waals surface area contributed by atoms with Gasteiger partial charge >= 0.3 is 0 Å². The molecule has 1 aliphatic rings. The van der Waals surface area contributed by atoms with Crippen molar-refractivity contribution < 1.29 is 4.79 Å². The lowest BCUT2D eigenvalue weighted by atomic mass is 10.1. The van der Waals surface area contributed by atoms with Crippen LogP contribution in [0, 0.1) is 5.92 Å². The Morgan fingerprint density at radius 3 is 3.00 bits per heavy atom. The van der Waals surface area contributed by atoms with E-state index < -0.39 is 0 Å². The van der Waals surface area contributed by atoms with E-state index in [1.54, 1.807) is 21.8 Å². The zero-order valence-electron chi connectivity index (χ0n) is 8.18. The van der Waals surface area contributed by atoms with Crippen molar-refractivity contribution in [2.45, 2.75) is 13.0 Å². The van der Waals surface area contributed by atoms with Crippen molar-refractivity contribution in [1.29, 1.82) is 0 Å². The zero-order valence-corrected chi connectivity index (χ0v) is 8.18. The maximum absolute atomic E-state index is 11.6. The van der Waals surface area contributed by atoms with Crippen molar-refractivity contribution in [1.82, 2.24) is 14.7 Å². The van der Waals surface area contributed by atoms with Gasteiger partial charge in [-0.15, -0.1) is 0 Å². The van der Waals surface area contributed by atoms with E-state index in [4.69, 9.17) is 5.73 Å². The standard InChI is InChI=1S/C9H14N4O/c1-12-4-2-7(9(12)14)6-13-5-3-8(10)11-13/h3,5,7H,2,4,6H2,1H3,(H2,10,11). The number of nitrogens with two attached hydrogens (primary N) is 1. The van der Waals surface area contributed by atoms with E-state index >= 15 is 0 Å². The Morgan fingerprint density at radius 2 is 2.50 bits per heavy atom. The van der Waals surface area contributed by atoms with Crippen molar-refractivity contribution >= 4 is 11.7 Å². The topological polar surface area (TPSA) is 64.2 Å². The molecule has 0 aromatic carbocycles. The third-order valence-electron chi connectivity index (χ3n) is 2.61. The van der Waals surface area contributed by atoms with Crippen LogP contribution in [0.15, 0.2) is 12.3 Å². The third-order valence-corrected chi connectivity index (χ3v) is 2.61. The van der Waals surface area contributed by atoms with Crippen molar-refractivity contribution in [3.63, 3.8) is 0 Å². The summed E-state index contributed by atoms with van der Waals surface area (Å²) in [5.41, 5.74) is 5.49. The summed E-state index contributed by atoms with van der Waals surface area (Å²) < 4.78 is 1.73. The van der Waals surface area contributed by atoms with Gasteiger partial charge in [-0.05, 0) is 12.5 Å². The molecule has 0 spiro atoms. The second-order valence-corrected chi connectivity index (χ2v) is 3.71. The van der Waals surface area contributed by atoms with Gasteiger partial charge in [0, 0.05) is 19.8 Å². The highest BCUT2D eigenvalue weighted by molar-refractivity contribution is 5.80. The average molecular weight is 194 g/mol. The molecule has 2 heterocycles. The second-order valence-electron chi connectivity index (χ2n) is 3.71. The zero-order chi connectivity index (χ0) is 10.1. The number of hydrogen-bond donors (Lipinski definition) is 1. The average Bonchev–Trinajstić information content (AvgIpc) is 2.67. The van der Waals surface area contributed by atoms with Crippen LogP contribution in [0.3, 0.4) is 0 Å². The van der Waals surface area contributed by atoms with E-state index in [-0.39, 0.29) is 11.8 Å². The van der Waals surface area contributed by atoms with Gasteiger partial charge in [0.1, 0.15) is 5.82 Å². The van der Waals surface area contributed by atoms with Gasteiger partial charge in [-0.25, -0.2) is 0 Å². The van der Waals surface area contributed by atoms with E-state index in [2.05, 4.69) is 5.10 Å². The number of rotatable bonds is 2. The quantitative estimate of drug-likeness (QED) is 0.717. The highest BCUT2D eigenvalue weighted by Crippen LogP contribution is 2.18. The highest BCUT2D eigenvalue weighted by Gasteiger charge is 2.29.